The van der Waals surface area contributed by atoms with Gasteiger partial charge in [-0.2, -0.15) is 0 Å². The summed E-state index contributed by atoms with van der Waals surface area (Å²) in [6.45, 7) is 4.85. The van der Waals surface area contributed by atoms with Crippen molar-refractivity contribution < 1.29 is 24.1 Å². The van der Waals surface area contributed by atoms with Crippen LogP contribution < -0.4 is 10.1 Å². The zero-order valence-corrected chi connectivity index (χ0v) is 26.5. The van der Waals surface area contributed by atoms with Crippen LogP contribution in [0.25, 0.3) is 0 Å². The Labute approximate surface area is 263 Å². The number of nitrogens with one attached hydrogen (secondary N) is 1. The maximum absolute atomic E-state index is 14.3. The van der Waals surface area contributed by atoms with E-state index in [1.165, 1.54) is 0 Å². The maximum Gasteiger partial charge on any atom is 0.252 e. The summed E-state index contributed by atoms with van der Waals surface area (Å²) >= 11 is 7.22. The molecule has 222 valence electrons. The largest absolute Gasteiger partial charge is 0.494 e. The van der Waals surface area contributed by atoms with Crippen LogP contribution in [0.15, 0.2) is 86.7 Å². The van der Waals surface area contributed by atoms with Crippen molar-refractivity contribution >= 4 is 43.7 Å². The van der Waals surface area contributed by atoms with Crippen LogP contribution in [-0.4, -0.2) is 80.0 Å². The molecule has 0 aromatic heterocycles. The number of hydrogen-bond acceptors (Lipinski definition) is 7. The zero-order valence-electron chi connectivity index (χ0n) is 23.3. The second kappa shape index (κ2) is 14.6. The number of hydrogen-bond donors (Lipinski definition) is 2. The van der Waals surface area contributed by atoms with Gasteiger partial charge in [0.1, 0.15) is 5.75 Å². The summed E-state index contributed by atoms with van der Waals surface area (Å²) in [5.74, 6) is 0.909. The van der Waals surface area contributed by atoms with E-state index >= 15 is 0 Å². The number of halogens is 2. The van der Waals surface area contributed by atoms with Gasteiger partial charge >= 0.3 is 0 Å². The van der Waals surface area contributed by atoms with Gasteiger partial charge < -0.3 is 24.6 Å². The predicted octanol–water partition coefficient (Wildman–Crippen LogP) is 4.92. The van der Waals surface area contributed by atoms with Crippen molar-refractivity contribution in [2.75, 3.05) is 52.6 Å². The first-order valence-corrected chi connectivity index (χ1v) is 15.7. The summed E-state index contributed by atoms with van der Waals surface area (Å²) < 4.78 is 19.6. The monoisotopic (exact) mass is 699 g/mol. The second-order valence-electron chi connectivity index (χ2n) is 10.3. The van der Waals surface area contributed by atoms with Gasteiger partial charge in [0.05, 0.1) is 19.8 Å². The molecule has 2 N–H and O–H groups in total. The summed E-state index contributed by atoms with van der Waals surface area (Å²) in [4.78, 5) is 21.8. The van der Waals surface area contributed by atoms with Gasteiger partial charge in [-0.3, -0.25) is 9.69 Å². The second-order valence-corrected chi connectivity index (χ2v) is 12.1. The fourth-order valence-electron chi connectivity index (χ4n) is 5.17. The summed E-state index contributed by atoms with van der Waals surface area (Å²) in [6.07, 6.45) is 0.238. The van der Waals surface area contributed by atoms with Crippen LogP contribution in [0.4, 0.5) is 0 Å². The molecule has 0 aliphatic carbocycles. The topological polar surface area (TPSA) is 92.6 Å². The number of aliphatic hydroxyl groups excluding tert-OH is 1. The molecule has 3 aromatic carbocycles. The minimum Gasteiger partial charge on any atom is -0.494 e. The maximum atomic E-state index is 14.3. The first-order chi connectivity index (χ1) is 20.5. The van der Waals surface area contributed by atoms with Crippen molar-refractivity contribution in [3.05, 3.63) is 98.4 Å². The van der Waals surface area contributed by atoms with E-state index in [1.54, 1.807) is 0 Å². The molecule has 0 bridgehead atoms. The summed E-state index contributed by atoms with van der Waals surface area (Å²) in [6, 6.07) is 23.3. The number of rotatable bonds is 12. The van der Waals surface area contributed by atoms with Crippen LogP contribution in [0.3, 0.4) is 0 Å². The number of aliphatic hydroxyl groups is 1. The standard InChI is InChI=1S/C32H35Br2N3O5/c33-25-10-6-23(7-11-25)22-32(31(39)35-14-15-37-16-20-40-21-17-37)29(27-4-1-2-5-28(27)34)42-30(36-32)24-8-12-26(13-9-24)41-19-3-18-38/h1-2,4-13,29,38H,3,14-22H2,(H,35,39)/t29-,32-/m1/s1. The molecular formula is C32H35Br2N3O5. The van der Waals surface area contributed by atoms with Gasteiger partial charge in [0.25, 0.3) is 5.91 Å². The molecule has 10 heteroatoms. The third-order valence-corrected chi connectivity index (χ3v) is 8.67. The van der Waals surface area contributed by atoms with Crippen molar-refractivity contribution in [1.29, 1.82) is 0 Å². The molecule has 1 saturated heterocycles. The van der Waals surface area contributed by atoms with E-state index in [0.717, 1.165) is 45.3 Å². The van der Waals surface area contributed by atoms with Crippen LogP contribution in [0, 0.1) is 0 Å². The highest BCUT2D eigenvalue weighted by atomic mass is 79.9. The molecule has 42 heavy (non-hydrogen) atoms. The van der Waals surface area contributed by atoms with E-state index in [2.05, 4.69) is 42.1 Å². The van der Waals surface area contributed by atoms with E-state index in [4.69, 9.17) is 24.3 Å². The molecule has 1 fully saturated rings. The Kier molecular flexibility index (Phi) is 10.7. The molecular weight excluding hydrogens is 666 g/mol. The molecule has 0 radical (unpaired) electrons. The molecule has 8 nitrogen and oxygen atoms in total. The molecule has 2 heterocycles. The predicted molar refractivity (Wildman–Crippen MR) is 169 cm³/mol. The van der Waals surface area contributed by atoms with Crippen molar-refractivity contribution in [3.8, 4) is 5.75 Å². The Hall–Kier alpha value is -2.76. The molecule has 0 spiro atoms. The number of morpholine rings is 1. The van der Waals surface area contributed by atoms with Crippen molar-refractivity contribution in [3.63, 3.8) is 0 Å². The van der Waals surface area contributed by atoms with Crippen molar-refractivity contribution in [2.45, 2.75) is 24.5 Å². The summed E-state index contributed by atoms with van der Waals surface area (Å²) in [5, 5.41) is 12.2. The van der Waals surface area contributed by atoms with Gasteiger partial charge in [-0.15, -0.1) is 0 Å². The average molecular weight is 701 g/mol. The summed E-state index contributed by atoms with van der Waals surface area (Å²) in [7, 11) is 0. The minimum atomic E-state index is -1.26. The van der Waals surface area contributed by atoms with Crippen molar-refractivity contribution in [1.82, 2.24) is 10.2 Å². The lowest BCUT2D eigenvalue weighted by Gasteiger charge is -2.32. The molecule has 2 aliphatic rings. The molecule has 5 rings (SSSR count). The smallest absolute Gasteiger partial charge is 0.252 e. The van der Waals surface area contributed by atoms with E-state index in [9.17, 15) is 4.79 Å². The van der Waals surface area contributed by atoms with E-state index in [1.807, 2.05) is 72.8 Å². The average Bonchev–Trinajstić information content (AvgIpc) is 3.39. The summed E-state index contributed by atoms with van der Waals surface area (Å²) in [5.41, 5.74) is 1.31. The lowest BCUT2D eigenvalue weighted by molar-refractivity contribution is -0.129. The van der Waals surface area contributed by atoms with E-state index in [-0.39, 0.29) is 12.5 Å². The molecule has 2 atom stereocenters. The van der Waals surface area contributed by atoms with Gasteiger partial charge in [-0.05, 0) is 48.0 Å². The SMILES string of the molecule is O=C(NCCN1CCOCC1)[C@]1(Cc2ccc(Br)cc2)N=C(c2ccc(OCCCO)cc2)O[C@@H]1c1ccccc1Br. The van der Waals surface area contributed by atoms with Crippen LogP contribution in [0.2, 0.25) is 0 Å². The highest BCUT2D eigenvalue weighted by Gasteiger charge is 2.53. The van der Waals surface area contributed by atoms with Crippen LogP contribution in [0.5, 0.6) is 5.75 Å². The number of carbonyl (C=O) groups excluding carboxylic acids is 1. The molecule has 0 saturated carbocycles. The number of nitrogens with zero attached hydrogens (tertiary/aromatic N) is 2. The zero-order chi connectivity index (χ0) is 29.4. The Bertz CT molecular complexity index is 1360. The Morgan fingerprint density at radius 1 is 1.05 bits per heavy atom. The lowest BCUT2D eigenvalue weighted by Crippen LogP contribution is -2.51. The molecule has 0 unspecified atom stereocenters. The van der Waals surface area contributed by atoms with Gasteiger partial charge in [-0.25, -0.2) is 4.99 Å². The molecule has 3 aromatic rings. The fraction of sp³-hybridized carbons (Fsp3) is 0.375. The Morgan fingerprint density at radius 3 is 2.50 bits per heavy atom. The van der Waals surface area contributed by atoms with Crippen LogP contribution in [-0.2, 0) is 20.7 Å². The number of ether oxygens (including phenoxy) is 3. The minimum absolute atomic E-state index is 0.0775. The molecule has 1 amide bonds. The number of benzene rings is 3. The Morgan fingerprint density at radius 2 is 1.79 bits per heavy atom. The van der Waals surface area contributed by atoms with Crippen LogP contribution >= 0.6 is 31.9 Å². The number of aliphatic imine (C=N–C) groups is 1. The quantitative estimate of drug-likeness (QED) is 0.261. The van der Waals surface area contributed by atoms with Crippen LogP contribution in [0.1, 0.15) is 29.2 Å². The number of carbonyl (C=O) groups is 1. The van der Waals surface area contributed by atoms with Gasteiger partial charge in [0.2, 0.25) is 5.90 Å². The highest BCUT2D eigenvalue weighted by molar-refractivity contribution is 9.10. The highest BCUT2D eigenvalue weighted by Crippen LogP contribution is 2.44. The van der Waals surface area contributed by atoms with E-state index in [0.29, 0.717) is 50.9 Å². The van der Waals surface area contributed by atoms with Gasteiger partial charge in [0.15, 0.2) is 11.6 Å². The number of amides is 1. The van der Waals surface area contributed by atoms with Gasteiger partial charge in [-0.1, -0.05) is 62.2 Å². The van der Waals surface area contributed by atoms with E-state index < -0.39 is 11.6 Å². The first kappa shape index (κ1) is 30.7. The fourth-order valence-corrected chi connectivity index (χ4v) is 5.92. The first-order valence-electron chi connectivity index (χ1n) is 14.2. The van der Waals surface area contributed by atoms with Crippen molar-refractivity contribution in [2.24, 2.45) is 4.99 Å². The Balaban J connectivity index is 1.49. The normalized spacial score (nSPS) is 20.5. The third kappa shape index (κ3) is 7.41. The molecule has 2 aliphatic heterocycles. The van der Waals surface area contributed by atoms with Gasteiger partial charge in [0, 0.05) is 65.7 Å². The third-order valence-electron chi connectivity index (χ3n) is 7.42. The lowest BCUT2D eigenvalue weighted by atomic mass is 9.82.